The first-order chi connectivity index (χ1) is 14.9. The van der Waals surface area contributed by atoms with Gasteiger partial charge in [-0.1, -0.05) is 12.1 Å². The number of methoxy groups -OCH3 is 1. The molecule has 31 heavy (non-hydrogen) atoms. The molecule has 0 atom stereocenters. The summed E-state index contributed by atoms with van der Waals surface area (Å²) in [5.74, 6) is 0.142. The van der Waals surface area contributed by atoms with Crippen molar-refractivity contribution in [1.29, 1.82) is 0 Å². The molecule has 5 nitrogen and oxygen atoms in total. The van der Waals surface area contributed by atoms with E-state index in [9.17, 15) is 9.18 Å². The Labute approximate surface area is 180 Å². The minimum atomic E-state index is -0.269. The van der Waals surface area contributed by atoms with E-state index in [-0.39, 0.29) is 18.1 Å². The molecule has 6 heteroatoms. The zero-order valence-electron chi connectivity index (χ0n) is 18.0. The lowest BCUT2D eigenvalue weighted by atomic mass is 10.1. The summed E-state index contributed by atoms with van der Waals surface area (Å²) in [6, 6.07) is 14.4. The zero-order valence-corrected chi connectivity index (χ0v) is 18.0. The normalized spacial score (nSPS) is 11.0. The Balaban J connectivity index is 1.75. The summed E-state index contributed by atoms with van der Waals surface area (Å²) < 4.78 is 21.1. The first-order valence-corrected chi connectivity index (χ1v) is 10.0. The maximum Gasteiger partial charge on any atom is 0.230 e. The fraction of sp³-hybridized carbons (Fsp3) is 0.200. The number of aryl methyl sites for hydroxylation is 3. The smallest absolute Gasteiger partial charge is 0.230 e. The highest BCUT2D eigenvalue weighted by Gasteiger charge is 2.19. The number of aromatic nitrogens is 2. The summed E-state index contributed by atoms with van der Waals surface area (Å²) in [5.41, 5.74) is 6.14. The van der Waals surface area contributed by atoms with Crippen LogP contribution in [-0.2, 0) is 11.2 Å². The van der Waals surface area contributed by atoms with Gasteiger partial charge in [0.05, 0.1) is 30.6 Å². The van der Waals surface area contributed by atoms with Crippen molar-refractivity contribution in [3.63, 3.8) is 0 Å². The quantitative estimate of drug-likeness (QED) is 0.482. The van der Waals surface area contributed by atoms with Crippen LogP contribution in [0.25, 0.3) is 16.9 Å². The van der Waals surface area contributed by atoms with Crippen molar-refractivity contribution in [2.24, 2.45) is 0 Å². The molecule has 1 N–H and O–H groups in total. The summed E-state index contributed by atoms with van der Waals surface area (Å²) >= 11 is 0. The standard InChI is InChI=1S/C25H24FN3O2/c1-15-5-9-22(31-4)20(11-15)27-24(30)13-21-25(18-7-8-19(26)17(3)12-18)28-23-10-6-16(2)14-29(21)23/h5-12,14H,13H2,1-4H3,(H,27,30). The highest BCUT2D eigenvalue weighted by Crippen LogP contribution is 2.29. The predicted octanol–water partition coefficient (Wildman–Crippen LogP) is 5.26. The van der Waals surface area contributed by atoms with E-state index in [2.05, 4.69) is 5.32 Å². The van der Waals surface area contributed by atoms with Crippen molar-refractivity contribution in [1.82, 2.24) is 9.38 Å². The van der Waals surface area contributed by atoms with Crippen LogP contribution in [0.4, 0.5) is 10.1 Å². The molecule has 158 valence electrons. The van der Waals surface area contributed by atoms with Gasteiger partial charge < -0.3 is 14.5 Å². The molecule has 0 radical (unpaired) electrons. The fourth-order valence-electron chi connectivity index (χ4n) is 3.66. The highest BCUT2D eigenvalue weighted by atomic mass is 19.1. The van der Waals surface area contributed by atoms with E-state index in [1.54, 1.807) is 26.2 Å². The van der Waals surface area contributed by atoms with E-state index in [4.69, 9.17) is 9.72 Å². The van der Waals surface area contributed by atoms with Crippen LogP contribution in [-0.4, -0.2) is 22.4 Å². The Morgan fingerprint density at radius 1 is 1.06 bits per heavy atom. The molecule has 0 aliphatic heterocycles. The molecular formula is C25H24FN3O2. The molecule has 0 unspecified atom stereocenters. The molecule has 0 aliphatic carbocycles. The lowest BCUT2D eigenvalue weighted by molar-refractivity contribution is -0.115. The van der Waals surface area contributed by atoms with Crippen molar-refractivity contribution in [2.45, 2.75) is 27.2 Å². The van der Waals surface area contributed by atoms with Gasteiger partial charge in [0.15, 0.2) is 0 Å². The molecule has 0 aliphatic rings. The summed E-state index contributed by atoms with van der Waals surface area (Å²) in [5, 5.41) is 2.95. The van der Waals surface area contributed by atoms with Gasteiger partial charge in [-0.2, -0.15) is 0 Å². The number of ether oxygens (including phenoxy) is 1. The SMILES string of the molecule is COc1ccc(C)cc1NC(=O)Cc1c(-c2ccc(F)c(C)c2)nc2ccc(C)cn12. The molecule has 0 saturated carbocycles. The Morgan fingerprint density at radius 2 is 1.84 bits per heavy atom. The Bertz CT molecular complexity index is 1290. The van der Waals surface area contributed by atoms with Gasteiger partial charge in [0.2, 0.25) is 5.91 Å². The zero-order chi connectivity index (χ0) is 22.1. The van der Waals surface area contributed by atoms with Crippen molar-refractivity contribution >= 4 is 17.2 Å². The molecule has 2 heterocycles. The van der Waals surface area contributed by atoms with Gasteiger partial charge in [0.1, 0.15) is 17.2 Å². The summed E-state index contributed by atoms with van der Waals surface area (Å²) in [4.78, 5) is 17.8. The third-order valence-electron chi connectivity index (χ3n) is 5.25. The lowest BCUT2D eigenvalue weighted by Gasteiger charge is -2.12. The fourth-order valence-corrected chi connectivity index (χ4v) is 3.66. The van der Waals surface area contributed by atoms with Crippen molar-refractivity contribution < 1.29 is 13.9 Å². The number of amides is 1. The molecule has 2 aromatic heterocycles. The molecule has 0 saturated heterocycles. The second kappa shape index (κ2) is 8.22. The van der Waals surface area contributed by atoms with Gasteiger partial charge in [0, 0.05) is 11.8 Å². The number of carbonyl (C=O) groups excluding carboxylic acids is 1. The number of nitrogens with zero attached hydrogens (tertiary/aromatic N) is 2. The van der Waals surface area contributed by atoms with Crippen LogP contribution in [0.3, 0.4) is 0 Å². The van der Waals surface area contributed by atoms with Crippen LogP contribution >= 0.6 is 0 Å². The molecule has 4 aromatic rings. The van der Waals surface area contributed by atoms with Gasteiger partial charge in [-0.15, -0.1) is 0 Å². The van der Waals surface area contributed by atoms with Crippen LogP contribution in [0.15, 0.2) is 54.7 Å². The Morgan fingerprint density at radius 3 is 2.58 bits per heavy atom. The minimum absolute atomic E-state index is 0.105. The second-order valence-electron chi connectivity index (χ2n) is 7.73. The van der Waals surface area contributed by atoms with Gasteiger partial charge in [-0.25, -0.2) is 9.37 Å². The van der Waals surface area contributed by atoms with E-state index in [0.29, 0.717) is 22.7 Å². The number of rotatable bonds is 5. The summed E-state index contributed by atoms with van der Waals surface area (Å²) in [6.45, 7) is 5.66. The Kier molecular flexibility index (Phi) is 5.46. The average Bonchev–Trinajstić information content (AvgIpc) is 3.07. The third-order valence-corrected chi connectivity index (χ3v) is 5.25. The summed E-state index contributed by atoms with van der Waals surface area (Å²) in [6.07, 6.45) is 2.06. The Hall–Kier alpha value is -3.67. The van der Waals surface area contributed by atoms with E-state index in [1.165, 1.54) is 6.07 Å². The van der Waals surface area contributed by atoms with E-state index < -0.39 is 0 Å². The maximum absolute atomic E-state index is 13.8. The van der Waals surface area contributed by atoms with E-state index >= 15 is 0 Å². The van der Waals surface area contributed by atoms with Crippen molar-refractivity contribution in [2.75, 3.05) is 12.4 Å². The first-order valence-electron chi connectivity index (χ1n) is 10.0. The highest BCUT2D eigenvalue weighted by molar-refractivity contribution is 5.94. The number of pyridine rings is 1. The van der Waals surface area contributed by atoms with Crippen molar-refractivity contribution in [3.8, 4) is 17.0 Å². The van der Waals surface area contributed by atoms with Crippen LogP contribution in [0.1, 0.15) is 22.4 Å². The predicted molar refractivity (Wildman–Crippen MR) is 120 cm³/mol. The van der Waals surface area contributed by atoms with Crippen LogP contribution in [0.5, 0.6) is 5.75 Å². The monoisotopic (exact) mass is 417 g/mol. The van der Waals surface area contributed by atoms with Gasteiger partial charge >= 0.3 is 0 Å². The third kappa shape index (κ3) is 4.14. The molecule has 1 amide bonds. The number of hydrogen-bond donors (Lipinski definition) is 1. The minimum Gasteiger partial charge on any atom is -0.495 e. The van der Waals surface area contributed by atoms with Gasteiger partial charge in [-0.05, 0) is 73.9 Å². The molecular weight excluding hydrogens is 393 g/mol. The first kappa shape index (κ1) is 20.6. The second-order valence-corrected chi connectivity index (χ2v) is 7.73. The van der Waals surface area contributed by atoms with Crippen molar-refractivity contribution in [3.05, 3.63) is 82.9 Å². The van der Waals surface area contributed by atoms with E-state index in [0.717, 1.165) is 28.0 Å². The number of carbonyl (C=O) groups is 1. The van der Waals surface area contributed by atoms with Gasteiger partial charge in [0.25, 0.3) is 0 Å². The number of hydrogen-bond acceptors (Lipinski definition) is 3. The number of anilines is 1. The number of halogens is 1. The van der Waals surface area contributed by atoms with Crippen LogP contribution in [0, 0.1) is 26.6 Å². The number of benzene rings is 2. The molecule has 2 aromatic carbocycles. The molecule has 0 spiro atoms. The molecule has 0 fully saturated rings. The van der Waals surface area contributed by atoms with Crippen LogP contribution < -0.4 is 10.1 Å². The lowest BCUT2D eigenvalue weighted by Crippen LogP contribution is -2.16. The molecule has 4 rings (SSSR count). The van der Waals surface area contributed by atoms with Gasteiger partial charge in [-0.3, -0.25) is 4.79 Å². The number of imidazole rings is 1. The number of nitrogens with one attached hydrogen (secondary N) is 1. The molecule has 0 bridgehead atoms. The maximum atomic E-state index is 13.8. The largest absolute Gasteiger partial charge is 0.495 e. The summed E-state index contributed by atoms with van der Waals surface area (Å²) in [7, 11) is 1.57. The topological polar surface area (TPSA) is 55.6 Å². The average molecular weight is 417 g/mol. The van der Waals surface area contributed by atoms with Crippen LogP contribution in [0.2, 0.25) is 0 Å². The number of fused-ring (bicyclic) bond motifs is 1. The van der Waals surface area contributed by atoms with E-state index in [1.807, 2.05) is 54.8 Å².